The molecule has 0 bridgehead atoms. The van der Waals surface area contributed by atoms with Gasteiger partial charge in [-0.05, 0) is 25.1 Å². The third-order valence-electron chi connectivity index (χ3n) is 2.81. The topological polar surface area (TPSA) is 48.1 Å². The zero-order chi connectivity index (χ0) is 13.7. The summed E-state index contributed by atoms with van der Waals surface area (Å²) >= 11 is 0. The van der Waals surface area contributed by atoms with Crippen molar-refractivity contribution in [3.05, 3.63) is 59.7 Å². The number of ether oxygens (including phenoxy) is 1. The Morgan fingerprint density at radius 2 is 2.16 bits per heavy atom. The normalized spacial score (nSPS) is 12.2. The molecule has 0 unspecified atom stereocenters. The van der Waals surface area contributed by atoms with Gasteiger partial charge in [-0.15, -0.1) is 0 Å². The molecule has 0 radical (unpaired) electrons. The molecule has 0 aliphatic carbocycles. The minimum atomic E-state index is -0.322. The third-order valence-corrected chi connectivity index (χ3v) is 2.81. The minimum absolute atomic E-state index is 0.189. The van der Waals surface area contributed by atoms with E-state index in [1.54, 1.807) is 12.3 Å². The Balaban J connectivity index is 2.01. The first-order chi connectivity index (χ1) is 9.16. The molecule has 2 rings (SSSR count). The smallest absolute Gasteiger partial charge is 0.126 e. The van der Waals surface area contributed by atoms with Crippen molar-refractivity contribution in [3.63, 3.8) is 0 Å². The summed E-state index contributed by atoms with van der Waals surface area (Å²) in [6.45, 7) is 2.29. The van der Waals surface area contributed by atoms with Crippen molar-refractivity contribution < 1.29 is 9.13 Å². The Kier molecular flexibility index (Phi) is 4.47. The summed E-state index contributed by atoms with van der Waals surface area (Å²) in [6, 6.07) is 9.97. The Morgan fingerprint density at radius 1 is 1.32 bits per heavy atom. The van der Waals surface area contributed by atoms with Crippen molar-refractivity contribution >= 4 is 0 Å². The van der Waals surface area contributed by atoms with E-state index in [1.165, 1.54) is 12.1 Å². The van der Waals surface area contributed by atoms with E-state index in [9.17, 15) is 4.39 Å². The van der Waals surface area contributed by atoms with E-state index in [2.05, 4.69) is 4.98 Å². The van der Waals surface area contributed by atoms with Gasteiger partial charge < -0.3 is 10.5 Å². The highest BCUT2D eigenvalue weighted by atomic mass is 19.1. The first-order valence-corrected chi connectivity index (χ1v) is 6.24. The van der Waals surface area contributed by atoms with E-state index in [0.717, 1.165) is 11.3 Å². The molecule has 2 N–H and O–H groups in total. The van der Waals surface area contributed by atoms with Gasteiger partial charge in [-0.2, -0.15) is 0 Å². The summed E-state index contributed by atoms with van der Waals surface area (Å²) in [5, 5.41) is 0. The largest absolute Gasteiger partial charge is 0.493 e. The lowest BCUT2D eigenvalue weighted by molar-refractivity contribution is 0.314. The zero-order valence-electron chi connectivity index (χ0n) is 10.8. The maximum absolute atomic E-state index is 13.2. The molecule has 0 aliphatic heterocycles. The maximum Gasteiger partial charge on any atom is 0.126 e. The number of benzene rings is 1. The van der Waals surface area contributed by atoms with Crippen molar-refractivity contribution in [1.82, 2.24) is 4.98 Å². The van der Waals surface area contributed by atoms with Crippen molar-refractivity contribution in [3.8, 4) is 5.75 Å². The van der Waals surface area contributed by atoms with Crippen LogP contribution in [0.2, 0.25) is 0 Å². The number of hydrogen-bond donors (Lipinski definition) is 1. The van der Waals surface area contributed by atoms with Gasteiger partial charge in [0, 0.05) is 36.0 Å². The zero-order valence-corrected chi connectivity index (χ0v) is 10.8. The molecule has 3 nitrogen and oxygen atoms in total. The van der Waals surface area contributed by atoms with E-state index in [0.29, 0.717) is 18.8 Å². The van der Waals surface area contributed by atoms with Gasteiger partial charge in [0.2, 0.25) is 0 Å². The van der Waals surface area contributed by atoms with Crippen LogP contribution in [-0.2, 0) is 6.42 Å². The Labute approximate surface area is 112 Å². The number of aromatic nitrogens is 1. The average Bonchev–Trinajstić information content (AvgIpc) is 2.39. The van der Waals surface area contributed by atoms with Crippen LogP contribution in [0.15, 0.2) is 42.6 Å². The second-order valence-electron chi connectivity index (χ2n) is 4.39. The number of halogens is 1. The summed E-state index contributed by atoms with van der Waals surface area (Å²) in [6.07, 6.45) is 2.42. The SMILES string of the molecule is C[C@@H](N)c1ccc(F)cc1OCCc1ccccn1. The monoisotopic (exact) mass is 260 g/mol. The summed E-state index contributed by atoms with van der Waals surface area (Å²) in [4.78, 5) is 4.21. The van der Waals surface area contributed by atoms with Gasteiger partial charge in [0.15, 0.2) is 0 Å². The molecule has 0 saturated carbocycles. The molecule has 0 spiro atoms. The highest BCUT2D eigenvalue weighted by Gasteiger charge is 2.09. The molecule has 1 aromatic carbocycles. The standard InChI is InChI=1S/C15H17FN2O/c1-11(17)14-6-5-12(16)10-15(14)19-9-7-13-4-2-3-8-18-13/h2-6,8,10-11H,7,9,17H2,1H3/t11-/m1/s1. The van der Waals surface area contributed by atoms with Crippen molar-refractivity contribution in [2.24, 2.45) is 5.73 Å². The van der Waals surface area contributed by atoms with Crippen LogP contribution in [0.3, 0.4) is 0 Å². The molecule has 0 amide bonds. The maximum atomic E-state index is 13.2. The fourth-order valence-electron chi connectivity index (χ4n) is 1.82. The highest BCUT2D eigenvalue weighted by molar-refractivity contribution is 5.36. The number of rotatable bonds is 5. The lowest BCUT2D eigenvalue weighted by atomic mass is 10.1. The van der Waals surface area contributed by atoms with Gasteiger partial charge in [-0.1, -0.05) is 12.1 Å². The second-order valence-corrected chi connectivity index (χ2v) is 4.39. The molecular weight excluding hydrogens is 243 g/mol. The number of nitrogens with two attached hydrogens (primary N) is 1. The number of nitrogens with zero attached hydrogens (tertiary/aromatic N) is 1. The van der Waals surface area contributed by atoms with Crippen LogP contribution in [-0.4, -0.2) is 11.6 Å². The predicted octanol–water partition coefficient (Wildman–Crippen LogP) is 2.86. The summed E-state index contributed by atoms with van der Waals surface area (Å²) in [5.74, 6) is 0.183. The van der Waals surface area contributed by atoms with Crippen LogP contribution in [0.1, 0.15) is 24.2 Å². The minimum Gasteiger partial charge on any atom is -0.493 e. The molecule has 100 valence electrons. The van der Waals surface area contributed by atoms with E-state index in [4.69, 9.17) is 10.5 Å². The van der Waals surface area contributed by atoms with Gasteiger partial charge in [-0.25, -0.2) is 4.39 Å². The summed E-state index contributed by atoms with van der Waals surface area (Å²) in [5.41, 5.74) is 7.59. The Morgan fingerprint density at radius 3 is 2.84 bits per heavy atom. The molecule has 1 heterocycles. The Hall–Kier alpha value is -1.94. The summed E-state index contributed by atoms with van der Waals surface area (Å²) in [7, 11) is 0. The molecule has 19 heavy (non-hydrogen) atoms. The van der Waals surface area contributed by atoms with Crippen molar-refractivity contribution in [2.45, 2.75) is 19.4 Å². The Bertz CT molecular complexity index is 529. The van der Waals surface area contributed by atoms with Crippen LogP contribution in [0.5, 0.6) is 5.75 Å². The van der Waals surface area contributed by atoms with Crippen LogP contribution >= 0.6 is 0 Å². The fourth-order valence-corrected chi connectivity index (χ4v) is 1.82. The van der Waals surface area contributed by atoms with Gasteiger partial charge >= 0.3 is 0 Å². The average molecular weight is 260 g/mol. The second kappa shape index (κ2) is 6.29. The quantitative estimate of drug-likeness (QED) is 0.899. The highest BCUT2D eigenvalue weighted by Crippen LogP contribution is 2.24. The van der Waals surface area contributed by atoms with E-state index < -0.39 is 0 Å². The molecule has 4 heteroatoms. The predicted molar refractivity (Wildman–Crippen MR) is 72.4 cm³/mol. The first kappa shape index (κ1) is 13.5. The van der Waals surface area contributed by atoms with E-state index in [1.807, 2.05) is 25.1 Å². The first-order valence-electron chi connectivity index (χ1n) is 6.24. The van der Waals surface area contributed by atoms with Crippen LogP contribution in [0.4, 0.5) is 4.39 Å². The molecular formula is C15H17FN2O. The van der Waals surface area contributed by atoms with Gasteiger partial charge in [0.1, 0.15) is 11.6 Å². The lowest BCUT2D eigenvalue weighted by Crippen LogP contribution is -2.10. The van der Waals surface area contributed by atoms with Crippen LogP contribution < -0.4 is 10.5 Å². The van der Waals surface area contributed by atoms with Gasteiger partial charge in [0.05, 0.1) is 6.61 Å². The molecule has 1 atom stereocenters. The molecule has 2 aromatic rings. The van der Waals surface area contributed by atoms with E-state index >= 15 is 0 Å². The lowest BCUT2D eigenvalue weighted by Gasteiger charge is -2.14. The van der Waals surface area contributed by atoms with Crippen molar-refractivity contribution in [1.29, 1.82) is 0 Å². The molecule has 0 fully saturated rings. The third kappa shape index (κ3) is 3.76. The fraction of sp³-hybridized carbons (Fsp3) is 0.267. The number of pyridine rings is 1. The molecule has 1 aromatic heterocycles. The van der Waals surface area contributed by atoms with Gasteiger partial charge in [-0.3, -0.25) is 4.98 Å². The van der Waals surface area contributed by atoms with E-state index in [-0.39, 0.29) is 11.9 Å². The van der Waals surface area contributed by atoms with Gasteiger partial charge in [0.25, 0.3) is 0 Å². The molecule has 0 aliphatic rings. The summed E-state index contributed by atoms with van der Waals surface area (Å²) < 4.78 is 18.9. The number of hydrogen-bond acceptors (Lipinski definition) is 3. The van der Waals surface area contributed by atoms with Crippen LogP contribution in [0.25, 0.3) is 0 Å². The van der Waals surface area contributed by atoms with Crippen LogP contribution in [0, 0.1) is 5.82 Å². The van der Waals surface area contributed by atoms with Crippen molar-refractivity contribution in [2.75, 3.05) is 6.61 Å². The molecule has 0 saturated heterocycles.